The van der Waals surface area contributed by atoms with E-state index in [4.69, 9.17) is 35.3 Å². The average Bonchev–Trinajstić information content (AvgIpc) is 3.16. The maximum atomic E-state index is 12.8. The Kier molecular flexibility index (Phi) is 17.4. The second-order valence-corrected chi connectivity index (χ2v) is 19.0. The lowest BCUT2D eigenvalue weighted by molar-refractivity contribution is -0.213. The lowest BCUT2D eigenvalue weighted by Gasteiger charge is -2.42. The van der Waals surface area contributed by atoms with Gasteiger partial charge in [-0.2, -0.15) is 0 Å². The molecule has 286 valence electrons. The van der Waals surface area contributed by atoms with Crippen LogP contribution in [-0.2, 0) is 25.4 Å². The van der Waals surface area contributed by atoms with Gasteiger partial charge >= 0.3 is 0 Å². The number of rotatable bonds is 23. The Morgan fingerprint density at radius 1 is 0.885 bits per heavy atom. The zero-order valence-electron chi connectivity index (χ0n) is 32.3. The molecule has 0 saturated carbocycles. The van der Waals surface area contributed by atoms with Crippen molar-refractivity contribution >= 4 is 30.3 Å². The van der Waals surface area contributed by atoms with Crippen molar-refractivity contribution in [1.82, 2.24) is 0 Å². The Morgan fingerprint density at radius 3 is 2.08 bits per heavy atom. The van der Waals surface area contributed by atoms with Gasteiger partial charge in [-0.15, -0.1) is 0 Å². The quantitative estimate of drug-likeness (QED) is 0.0592. The van der Waals surface area contributed by atoms with Crippen LogP contribution in [0.3, 0.4) is 0 Å². The molecule has 1 fully saturated rings. The van der Waals surface area contributed by atoms with Gasteiger partial charge in [-0.3, -0.25) is 0 Å². The number of hydrogen-bond donors (Lipinski definition) is 1. The summed E-state index contributed by atoms with van der Waals surface area (Å²) in [5.74, 6) is 0.654. The minimum absolute atomic E-state index is 0.162. The Bertz CT molecular complexity index is 1430. The van der Waals surface area contributed by atoms with E-state index in [-0.39, 0.29) is 18.3 Å². The summed E-state index contributed by atoms with van der Waals surface area (Å²) in [4.78, 5) is 12.8. The molecule has 0 bridgehead atoms. The molecule has 1 N–H and O–H groups in total. The Labute approximate surface area is 320 Å². The predicted molar refractivity (Wildman–Crippen MR) is 217 cm³/mol. The van der Waals surface area contributed by atoms with Gasteiger partial charge in [-0.05, 0) is 65.2 Å². The van der Waals surface area contributed by atoms with Gasteiger partial charge in [0, 0.05) is 36.8 Å². The van der Waals surface area contributed by atoms with Crippen molar-refractivity contribution in [2.45, 2.75) is 122 Å². The van der Waals surface area contributed by atoms with E-state index in [1.54, 1.807) is 6.08 Å². The standard InChI is InChI=1S/C44H63ClO6Si/c1-7-11-27-47-33-35-31-41(49-28-12-8-2)43(50-29-13-9-3)42(51-35)38-30-34(39(45)32-40(38)48-26-10-4)24-25-44(5,6)52(46,36-20-16-14-17-21-36)37-22-18-15-19-23-37/h10,14-23,30,32,35,41-43,46H,4,7-9,11-13,24-29,31,33H2,1-3,5-6H3/t35-,41-,42?,43+/m0/s1. The fourth-order valence-electron chi connectivity index (χ4n) is 7.09. The summed E-state index contributed by atoms with van der Waals surface area (Å²) in [6.45, 7) is 17.6. The predicted octanol–water partition coefficient (Wildman–Crippen LogP) is 9.39. The molecule has 4 rings (SSSR count). The number of unbranched alkanes of at least 4 members (excludes halogenated alkanes) is 3. The third-order valence-corrected chi connectivity index (χ3v) is 15.2. The molecular weight excluding hydrogens is 688 g/mol. The molecule has 0 amide bonds. The van der Waals surface area contributed by atoms with E-state index in [0.29, 0.717) is 63.1 Å². The first-order chi connectivity index (χ1) is 25.2. The molecule has 0 spiro atoms. The molecule has 0 aliphatic carbocycles. The normalized spacial score (nSPS) is 19.4. The lowest BCUT2D eigenvalue weighted by Crippen LogP contribution is -2.65. The zero-order valence-corrected chi connectivity index (χ0v) is 34.0. The van der Waals surface area contributed by atoms with Crippen molar-refractivity contribution < 1.29 is 28.5 Å². The first kappa shape index (κ1) is 42.3. The van der Waals surface area contributed by atoms with E-state index in [1.807, 2.05) is 42.5 Å². The first-order valence-corrected chi connectivity index (χ1v) is 21.9. The van der Waals surface area contributed by atoms with E-state index >= 15 is 0 Å². The van der Waals surface area contributed by atoms with E-state index in [1.165, 1.54) is 0 Å². The fraction of sp³-hybridized carbons (Fsp3) is 0.545. The zero-order chi connectivity index (χ0) is 37.4. The van der Waals surface area contributed by atoms with Crippen LogP contribution in [-0.4, -0.2) is 64.5 Å². The molecule has 3 aromatic carbocycles. The summed E-state index contributed by atoms with van der Waals surface area (Å²) in [7, 11) is -3.21. The lowest BCUT2D eigenvalue weighted by atomic mass is 9.90. The first-order valence-electron chi connectivity index (χ1n) is 19.6. The van der Waals surface area contributed by atoms with Crippen molar-refractivity contribution in [1.29, 1.82) is 0 Å². The highest BCUT2D eigenvalue weighted by Crippen LogP contribution is 2.44. The Morgan fingerprint density at radius 2 is 1.48 bits per heavy atom. The van der Waals surface area contributed by atoms with E-state index in [0.717, 1.165) is 60.0 Å². The van der Waals surface area contributed by atoms with Crippen LogP contribution in [0.25, 0.3) is 0 Å². The molecule has 52 heavy (non-hydrogen) atoms. The monoisotopic (exact) mass is 750 g/mol. The molecule has 8 heteroatoms. The van der Waals surface area contributed by atoms with Crippen molar-refractivity contribution in [3.63, 3.8) is 0 Å². The van der Waals surface area contributed by atoms with Crippen molar-refractivity contribution in [3.05, 3.63) is 102 Å². The highest BCUT2D eigenvalue weighted by Gasteiger charge is 2.50. The summed E-state index contributed by atoms with van der Waals surface area (Å²) in [5, 5.41) is 2.17. The maximum Gasteiger partial charge on any atom is 0.258 e. The van der Waals surface area contributed by atoms with Gasteiger partial charge in [-0.1, -0.05) is 139 Å². The number of benzene rings is 3. The van der Waals surface area contributed by atoms with Crippen LogP contribution in [0.15, 0.2) is 85.5 Å². The van der Waals surface area contributed by atoms with Crippen LogP contribution < -0.4 is 15.1 Å². The van der Waals surface area contributed by atoms with Gasteiger partial charge in [0.15, 0.2) is 0 Å². The largest absolute Gasteiger partial charge is 0.489 e. The molecule has 0 radical (unpaired) electrons. The molecule has 3 aromatic rings. The van der Waals surface area contributed by atoms with Crippen LogP contribution >= 0.6 is 11.6 Å². The van der Waals surface area contributed by atoms with Gasteiger partial charge in [0.25, 0.3) is 8.32 Å². The van der Waals surface area contributed by atoms with Gasteiger partial charge in [0.2, 0.25) is 0 Å². The van der Waals surface area contributed by atoms with Gasteiger partial charge in [0.05, 0.1) is 18.8 Å². The number of halogens is 1. The van der Waals surface area contributed by atoms with Crippen LogP contribution in [0.4, 0.5) is 0 Å². The highest BCUT2D eigenvalue weighted by atomic mass is 35.5. The highest BCUT2D eigenvalue weighted by molar-refractivity contribution is 6.98. The summed E-state index contributed by atoms with van der Waals surface area (Å²) < 4.78 is 32.7. The van der Waals surface area contributed by atoms with Crippen molar-refractivity contribution in [3.8, 4) is 5.75 Å². The SMILES string of the molecule is C=CCOc1cc(Cl)c(CCC(C)(C)[Si](O)(c2ccccc2)c2ccccc2)cc1C1O[C@H](COCCCC)C[C@H](OCCCC)[C@H]1OCCCC. The van der Waals surface area contributed by atoms with Crippen LogP contribution in [0, 0.1) is 0 Å². The molecule has 1 heterocycles. The molecule has 6 nitrogen and oxygen atoms in total. The molecule has 4 atom stereocenters. The van der Waals surface area contributed by atoms with Gasteiger partial charge < -0.3 is 28.5 Å². The van der Waals surface area contributed by atoms with E-state index < -0.39 is 19.5 Å². The van der Waals surface area contributed by atoms with Crippen LogP contribution in [0.1, 0.15) is 103 Å². The fourth-order valence-corrected chi connectivity index (χ4v) is 11.1. The van der Waals surface area contributed by atoms with Crippen molar-refractivity contribution in [2.24, 2.45) is 0 Å². The second-order valence-electron chi connectivity index (χ2n) is 14.7. The summed E-state index contributed by atoms with van der Waals surface area (Å²) in [6.07, 6.45) is 8.80. The smallest absolute Gasteiger partial charge is 0.258 e. The maximum absolute atomic E-state index is 12.8. The summed E-state index contributed by atoms with van der Waals surface area (Å²) in [5.41, 5.74) is 1.87. The molecule has 1 unspecified atom stereocenters. The number of hydrogen-bond acceptors (Lipinski definition) is 6. The van der Waals surface area contributed by atoms with E-state index in [2.05, 4.69) is 71.5 Å². The number of aryl methyl sites for hydroxylation is 1. The van der Waals surface area contributed by atoms with Gasteiger partial charge in [0.1, 0.15) is 24.6 Å². The molecule has 1 saturated heterocycles. The minimum atomic E-state index is -3.21. The number of ether oxygens (including phenoxy) is 5. The Hall–Kier alpha value is -2.49. The molecule has 1 aliphatic rings. The molecular formula is C44H63ClO6Si. The van der Waals surface area contributed by atoms with Crippen molar-refractivity contribution in [2.75, 3.05) is 33.0 Å². The third kappa shape index (κ3) is 11.0. The van der Waals surface area contributed by atoms with Gasteiger partial charge in [-0.25, -0.2) is 0 Å². The average molecular weight is 752 g/mol. The summed E-state index contributed by atoms with van der Waals surface area (Å²) in [6, 6.07) is 24.4. The summed E-state index contributed by atoms with van der Waals surface area (Å²) >= 11 is 7.10. The van der Waals surface area contributed by atoms with Crippen LogP contribution in [0.2, 0.25) is 10.1 Å². The molecule has 0 aromatic heterocycles. The third-order valence-electron chi connectivity index (χ3n) is 10.3. The minimum Gasteiger partial charge on any atom is -0.489 e. The second kappa shape index (κ2) is 21.4. The molecule has 1 aliphatic heterocycles. The topological polar surface area (TPSA) is 66.4 Å². The van der Waals surface area contributed by atoms with E-state index in [9.17, 15) is 4.80 Å². The Balaban J connectivity index is 1.73. The van der Waals surface area contributed by atoms with Crippen LogP contribution in [0.5, 0.6) is 5.75 Å².